The number of fused-ring (bicyclic) bond motifs is 1. The van der Waals surface area contributed by atoms with Crippen LogP contribution in [-0.4, -0.2) is 29.0 Å². The zero-order chi connectivity index (χ0) is 24.1. The van der Waals surface area contributed by atoms with E-state index < -0.39 is 11.8 Å². The molecule has 2 amide bonds. The lowest BCUT2D eigenvalue weighted by Gasteiger charge is -2.47. The number of carbonyl (C=O) groups excluding carboxylic acids is 2. The first-order chi connectivity index (χ1) is 15.5. The molecule has 0 aromatic heterocycles. The second kappa shape index (κ2) is 8.69. The van der Waals surface area contributed by atoms with Crippen molar-refractivity contribution in [2.45, 2.75) is 52.5 Å². The van der Waals surface area contributed by atoms with E-state index in [0.717, 1.165) is 28.6 Å². The van der Waals surface area contributed by atoms with Crippen LogP contribution in [0.2, 0.25) is 0 Å². The number of carbonyl (C=O) groups is 2. The van der Waals surface area contributed by atoms with Crippen LogP contribution in [0.25, 0.3) is 6.08 Å². The molecule has 2 aliphatic rings. The lowest BCUT2D eigenvalue weighted by Crippen LogP contribution is -2.54. The molecule has 2 aromatic carbocycles. The Morgan fingerprint density at radius 1 is 1.18 bits per heavy atom. The zero-order valence-corrected chi connectivity index (χ0v) is 21.9. The monoisotopic (exact) mass is 525 g/mol. The van der Waals surface area contributed by atoms with E-state index >= 15 is 0 Å². The third-order valence-electron chi connectivity index (χ3n) is 6.54. The van der Waals surface area contributed by atoms with Crippen LogP contribution in [0.3, 0.4) is 0 Å². The summed E-state index contributed by atoms with van der Waals surface area (Å²) in [6, 6.07) is 11.8. The summed E-state index contributed by atoms with van der Waals surface area (Å²) in [5.74, 6) is -0.518. The number of benzene rings is 2. The predicted octanol–water partition coefficient (Wildman–Crippen LogP) is 5.70. The molecule has 172 valence electrons. The molecule has 2 aromatic rings. The van der Waals surface area contributed by atoms with Crippen LogP contribution in [0.15, 0.2) is 46.4 Å². The molecule has 0 saturated carbocycles. The summed E-state index contributed by atoms with van der Waals surface area (Å²) in [4.78, 5) is 30.0. The molecule has 5 nitrogen and oxygen atoms in total. The molecule has 33 heavy (non-hydrogen) atoms. The van der Waals surface area contributed by atoms with Gasteiger partial charge in [0.2, 0.25) is 0 Å². The number of aryl methyl sites for hydroxylation is 1. The van der Waals surface area contributed by atoms with Crippen molar-refractivity contribution in [3.63, 3.8) is 0 Å². The molecule has 7 heteroatoms. The number of anilines is 2. The number of nitrogens with zero attached hydrogens (tertiary/aromatic N) is 2. The predicted molar refractivity (Wildman–Crippen MR) is 142 cm³/mol. The van der Waals surface area contributed by atoms with Crippen molar-refractivity contribution < 1.29 is 9.59 Å². The largest absolute Gasteiger partial charge is 0.366 e. The van der Waals surface area contributed by atoms with E-state index in [1.54, 1.807) is 6.08 Å². The SMILES string of the molecule is CCN1c2ccc(/C=C3/C(=O)NC(=S)N(c4ccc(Br)cc4C)C3=O)cc2C(C)CC1(C)C. The highest BCUT2D eigenvalue weighted by Crippen LogP contribution is 2.43. The van der Waals surface area contributed by atoms with E-state index in [1.165, 1.54) is 16.2 Å². The Kier molecular flexibility index (Phi) is 6.22. The Morgan fingerprint density at radius 3 is 2.55 bits per heavy atom. The first-order valence-electron chi connectivity index (χ1n) is 11.1. The number of thiocarbonyl (C=S) groups is 1. The molecule has 1 unspecified atom stereocenters. The minimum Gasteiger partial charge on any atom is -0.366 e. The number of rotatable bonds is 3. The molecule has 2 heterocycles. The molecule has 4 rings (SSSR count). The van der Waals surface area contributed by atoms with Gasteiger partial charge in [0.25, 0.3) is 11.8 Å². The Hall–Kier alpha value is -2.51. The van der Waals surface area contributed by atoms with Crippen molar-refractivity contribution in [1.82, 2.24) is 5.32 Å². The number of halogens is 1. The fourth-order valence-electron chi connectivity index (χ4n) is 5.11. The van der Waals surface area contributed by atoms with Crippen LogP contribution in [0.5, 0.6) is 0 Å². The zero-order valence-electron chi connectivity index (χ0n) is 19.5. The molecule has 2 aliphatic heterocycles. The first-order valence-corrected chi connectivity index (χ1v) is 12.3. The van der Waals surface area contributed by atoms with E-state index in [2.05, 4.69) is 66.0 Å². The van der Waals surface area contributed by atoms with Crippen molar-refractivity contribution in [3.05, 3.63) is 63.1 Å². The van der Waals surface area contributed by atoms with E-state index in [9.17, 15) is 9.59 Å². The van der Waals surface area contributed by atoms with Gasteiger partial charge in [0, 0.05) is 22.2 Å². The maximum absolute atomic E-state index is 13.4. The molecule has 1 fully saturated rings. The van der Waals surface area contributed by atoms with Crippen LogP contribution in [-0.2, 0) is 9.59 Å². The van der Waals surface area contributed by atoms with Crippen molar-refractivity contribution >= 4 is 62.5 Å². The van der Waals surface area contributed by atoms with Crippen molar-refractivity contribution in [2.24, 2.45) is 0 Å². The number of hydrogen-bond acceptors (Lipinski definition) is 4. The Bertz CT molecular complexity index is 1200. The molecule has 1 saturated heterocycles. The van der Waals surface area contributed by atoms with Gasteiger partial charge in [-0.1, -0.05) is 28.9 Å². The van der Waals surface area contributed by atoms with E-state index in [-0.39, 0.29) is 16.2 Å². The smallest absolute Gasteiger partial charge is 0.270 e. The van der Waals surface area contributed by atoms with Gasteiger partial charge in [0.05, 0.1) is 5.69 Å². The molecule has 0 bridgehead atoms. The highest BCUT2D eigenvalue weighted by atomic mass is 79.9. The third-order valence-corrected chi connectivity index (χ3v) is 7.32. The van der Waals surface area contributed by atoms with Gasteiger partial charge in [0.15, 0.2) is 5.11 Å². The topological polar surface area (TPSA) is 52.7 Å². The highest BCUT2D eigenvalue weighted by Gasteiger charge is 2.37. The van der Waals surface area contributed by atoms with Crippen LogP contribution in [0.1, 0.15) is 56.7 Å². The molecule has 0 spiro atoms. The van der Waals surface area contributed by atoms with Gasteiger partial charge < -0.3 is 4.90 Å². The van der Waals surface area contributed by atoms with Crippen LogP contribution in [0.4, 0.5) is 11.4 Å². The summed E-state index contributed by atoms with van der Waals surface area (Å²) in [6.45, 7) is 11.8. The van der Waals surface area contributed by atoms with Gasteiger partial charge in [-0.15, -0.1) is 0 Å². The van der Waals surface area contributed by atoms with Gasteiger partial charge >= 0.3 is 0 Å². The second-order valence-electron chi connectivity index (χ2n) is 9.37. The van der Waals surface area contributed by atoms with E-state index in [0.29, 0.717) is 11.6 Å². The average Bonchev–Trinajstić information content (AvgIpc) is 2.72. The van der Waals surface area contributed by atoms with E-state index in [4.69, 9.17) is 12.2 Å². The molecular formula is C26H28BrN3O2S. The van der Waals surface area contributed by atoms with Crippen molar-refractivity contribution in [3.8, 4) is 0 Å². The number of amides is 2. The van der Waals surface area contributed by atoms with Crippen LogP contribution >= 0.6 is 28.1 Å². The third kappa shape index (κ3) is 4.24. The average molecular weight is 527 g/mol. The lowest BCUT2D eigenvalue weighted by atomic mass is 9.79. The van der Waals surface area contributed by atoms with Gasteiger partial charge in [-0.3, -0.25) is 19.8 Å². The van der Waals surface area contributed by atoms with Gasteiger partial charge in [-0.2, -0.15) is 0 Å². The maximum atomic E-state index is 13.4. The summed E-state index contributed by atoms with van der Waals surface area (Å²) in [5.41, 5.74) is 4.97. The number of nitrogens with one attached hydrogen (secondary N) is 1. The van der Waals surface area contributed by atoms with E-state index in [1.807, 2.05) is 31.2 Å². The minimum absolute atomic E-state index is 0.0713. The van der Waals surface area contributed by atoms with Crippen LogP contribution < -0.4 is 15.1 Å². The fraction of sp³-hybridized carbons (Fsp3) is 0.346. The lowest BCUT2D eigenvalue weighted by molar-refractivity contribution is -0.122. The molecule has 0 aliphatic carbocycles. The summed E-state index contributed by atoms with van der Waals surface area (Å²) >= 11 is 8.79. The van der Waals surface area contributed by atoms with Gasteiger partial charge in [-0.05, 0) is 105 Å². The standard InChI is InChI=1S/C26H28BrN3O2S/c1-6-29-22-9-7-17(12-19(22)16(3)14-26(29,4)5)13-20-23(31)28-25(33)30(24(20)32)21-10-8-18(27)11-15(21)2/h7-13,16H,6,14H2,1-5H3,(H,28,31,33)/b20-13-. The molecular weight excluding hydrogens is 498 g/mol. The fourth-order valence-corrected chi connectivity index (χ4v) is 5.86. The van der Waals surface area contributed by atoms with Gasteiger partial charge in [0.1, 0.15) is 5.57 Å². The summed E-state index contributed by atoms with van der Waals surface area (Å²) in [5, 5.41) is 2.77. The van der Waals surface area contributed by atoms with Crippen molar-refractivity contribution in [2.75, 3.05) is 16.3 Å². The van der Waals surface area contributed by atoms with Gasteiger partial charge in [-0.25, -0.2) is 0 Å². The Balaban J connectivity index is 1.74. The second-order valence-corrected chi connectivity index (χ2v) is 10.7. The Labute approximate surface area is 209 Å². The molecule has 1 atom stereocenters. The molecule has 0 radical (unpaired) electrons. The summed E-state index contributed by atoms with van der Waals surface area (Å²) in [6.07, 6.45) is 2.71. The molecule has 1 N–H and O–H groups in total. The maximum Gasteiger partial charge on any atom is 0.270 e. The number of hydrogen-bond donors (Lipinski definition) is 1. The normalized spacial score (nSPS) is 21.3. The van der Waals surface area contributed by atoms with Crippen molar-refractivity contribution in [1.29, 1.82) is 0 Å². The van der Waals surface area contributed by atoms with Crippen LogP contribution in [0, 0.1) is 6.92 Å². The highest BCUT2D eigenvalue weighted by molar-refractivity contribution is 9.10. The summed E-state index contributed by atoms with van der Waals surface area (Å²) in [7, 11) is 0. The minimum atomic E-state index is -0.474. The first kappa shape index (κ1) is 23.6. The Morgan fingerprint density at radius 2 is 1.88 bits per heavy atom. The summed E-state index contributed by atoms with van der Waals surface area (Å²) < 4.78 is 0.909. The quantitative estimate of drug-likeness (QED) is 0.317.